The van der Waals surface area contributed by atoms with Crippen molar-refractivity contribution in [1.82, 2.24) is 10.3 Å². The SMILES string of the molecule is CC(C)(CCO)NCc1cnc2ccsc2c1. The van der Waals surface area contributed by atoms with E-state index in [0.29, 0.717) is 0 Å². The molecule has 92 valence electrons. The topological polar surface area (TPSA) is 45.1 Å². The van der Waals surface area contributed by atoms with Gasteiger partial charge in [-0.3, -0.25) is 4.98 Å². The molecule has 0 atom stereocenters. The monoisotopic (exact) mass is 250 g/mol. The molecule has 4 heteroatoms. The minimum atomic E-state index is -0.0425. The fraction of sp³-hybridized carbons (Fsp3) is 0.462. The van der Waals surface area contributed by atoms with Crippen molar-refractivity contribution in [2.45, 2.75) is 32.4 Å². The van der Waals surface area contributed by atoms with Crippen LogP contribution in [0.25, 0.3) is 10.2 Å². The summed E-state index contributed by atoms with van der Waals surface area (Å²) >= 11 is 1.71. The molecule has 0 spiro atoms. The van der Waals surface area contributed by atoms with Crippen LogP contribution in [0.15, 0.2) is 23.7 Å². The highest BCUT2D eigenvalue weighted by atomic mass is 32.1. The molecular formula is C13H18N2OS. The molecule has 0 bridgehead atoms. The van der Waals surface area contributed by atoms with Crippen molar-refractivity contribution in [3.63, 3.8) is 0 Å². The molecule has 0 aliphatic carbocycles. The Hall–Kier alpha value is -0.970. The summed E-state index contributed by atoms with van der Waals surface area (Å²) in [6, 6.07) is 4.21. The Bertz CT molecular complexity index is 493. The van der Waals surface area contributed by atoms with E-state index in [4.69, 9.17) is 5.11 Å². The highest BCUT2D eigenvalue weighted by molar-refractivity contribution is 7.17. The van der Waals surface area contributed by atoms with Gasteiger partial charge in [0.1, 0.15) is 0 Å². The van der Waals surface area contributed by atoms with Crippen molar-refractivity contribution in [3.8, 4) is 0 Å². The van der Waals surface area contributed by atoms with Crippen LogP contribution in [0.3, 0.4) is 0 Å². The molecule has 2 N–H and O–H groups in total. The second kappa shape index (κ2) is 5.12. The van der Waals surface area contributed by atoms with E-state index in [1.165, 1.54) is 10.3 Å². The minimum Gasteiger partial charge on any atom is -0.396 e. The summed E-state index contributed by atoms with van der Waals surface area (Å²) < 4.78 is 1.23. The molecule has 0 radical (unpaired) electrons. The Morgan fingerprint density at radius 1 is 1.47 bits per heavy atom. The van der Waals surface area contributed by atoms with Gasteiger partial charge in [-0.15, -0.1) is 11.3 Å². The van der Waals surface area contributed by atoms with Crippen LogP contribution in [0.4, 0.5) is 0 Å². The van der Waals surface area contributed by atoms with E-state index in [0.717, 1.165) is 18.5 Å². The van der Waals surface area contributed by atoms with E-state index in [9.17, 15) is 0 Å². The zero-order valence-corrected chi connectivity index (χ0v) is 11.0. The first kappa shape index (κ1) is 12.5. The van der Waals surface area contributed by atoms with E-state index in [1.807, 2.05) is 12.3 Å². The number of hydrogen-bond donors (Lipinski definition) is 2. The molecule has 0 saturated carbocycles. The fourth-order valence-corrected chi connectivity index (χ4v) is 2.50. The average molecular weight is 250 g/mol. The number of fused-ring (bicyclic) bond motifs is 1. The molecule has 0 aliphatic rings. The Kier molecular flexibility index (Phi) is 3.76. The Morgan fingerprint density at radius 3 is 3.06 bits per heavy atom. The number of nitrogens with zero attached hydrogens (tertiary/aromatic N) is 1. The van der Waals surface area contributed by atoms with Gasteiger partial charge < -0.3 is 10.4 Å². The standard InChI is InChI=1S/C13H18N2OS/c1-13(2,4-5-16)15-9-10-7-12-11(14-8-10)3-6-17-12/h3,6-8,15-16H,4-5,9H2,1-2H3. The van der Waals surface area contributed by atoms with Gasteiger partial charge in [-0.05, 0) is 43.3 Å². The summed E-state index contributed by atoms with van der Waals surface area (Å²) in [4.78, 5) is 4.41. The second-order valence-corrected chi connectivity index (χ2v) is 5.81. The number of rotatable bonds is 5. The van der Waals surface area contributed by atoms with E-state index < -0.39 is 0 Å². The molecule has 0 saturated heterocycles. The maximum Gasteiger partial charge on any atom is 0.0809 e. The molecule has 3 nitrogen and oxygen atoms in total. The van der Waals surface area contributed by atoms with Crippen molar-refractivity contribution in [2.24, 2.45) is 0 Å². The van der Waals surface area contributed by atoms with Crippen LogP contribution in [0.2, 0.25) is 0 Å². The molecule has 2 rings (SSSR count). The lowest BCUT2D eigenvalue weighted by Crippen LogP contribution is -2.39. The van der Waals surface area contributed by atoms with Crippen molar-refractivity contribution >= 4 is 21.6 Å². The summed E-state index contributed by atoms with van der Waals surface area (Å²) in [5, 5.41) is 14.5. The summed E-state index contributed by atoms with van der Waals surface area (Å²) in [5.41, 5.74) is 2.21. The number of aromatic nitrogens is 1. The van der Waals surface area contributed by atoms with E-state index in [-0.39, 0.29) is 12.1 Å². The van der Waals surface area contributed by atoms with Gasteiger partial charge in [-0.2, -0.15) is 0 Å². The molecule has 2 aromatic heterocycles. The van der Waals surface area contributed by atoms with Crippen molar-refractivity contribution in [3.05, 3.63) is 29.3 Å². The van der Waals surface area contributed by atoms with Crippen LogP contribution in [0.5, 0.6) is 0 Å². The number of hydrogen-bond acceptors (Lipinski definition) is 4. The van der Waals surface area contributed by atoms with Gasteiger partial charge in [-0.25, -0.2) is 0 Å². The highest BCUT2D eigenvalue weighted by Gasteiger charge is 2.15. The molecule has 2 heterocycles. The van der Waals surface area contributed by atoms with Gasteiger partial charge in [0.2, 0.25) is 0 Å². The number of aliphatic hydroxyl groups excluding tert-OH is 1. The quantitative estimate of drug-likeness (QED) is 0.857. The number of nitrogens with one attached hydrogen (secondary N) is 1. The maximum absolute atomic E-state index is 8.96. The molecule has 0 aromatic carbocycles. The molecule has 17 heavy (non-hydrogen) atoms. The minimum absolute atomic E-state index is 0.0425. The lowest BCUT2D eigenvalue weighted by molar-refractivity contribution is 0.230. The summed E-state index contributed by atoms with van der Waals surface area (Å²) in [7, 11) is 0. The van der Waals surface area contributed by atoms with Crippen molar-refractivity contribution < 1.29 is 5.11 Å². The van der Waals surface area contributed by atoms with Crippen molar-refractivity contribution in [1.29, 1.82) is 0 Å². The first-order chi connectivity index (χ1) is 8.11. The number of pyridine rings is 1. The average Bonchev–Trinajstić information content (AvgIpc) is 2.73. The predicted octanol–water partition coefficient (Wildman–Crippen LogP) is 2.55. The maximum atomic E-state index is 8.96. The van der Waals surface area contributed by atoms with E-state index >= 15 is 0 Å². The van der Waals surface area contributed by atoms with Crippen LogP contribution in [-0.4, -0.2) is 22.2 Å². The van der Waals surface area contributed by atoms with Crippen molar-refractivity contribution in [2.75, 3.05) is 6.61 Å². The molecule has 0 amide bonds. The van der Waals surface area contributed by atoms with Crippen LogP contribution < -0.4 is 5.32 Å². The summed E-state index contributed by atoms with van der Waals surface area (Å²) in [5.74, 6) is 0. The van der Waals surface area contributed by atoms with Gasteiger partial charge in [-0.1, -0.05) is 0 Å². The smallest absolute Gasteiger partial charge is 0.0809 e. The molecule has 0 aliphatic heterocycles. The third-order valence-corrected chi connectivity index (χ3v) is 3.72. The Balaban J connectivity index is 2.03. The first-order valence-electron chi connectivity index (χ1n) is 5.79. The molecule has 0 unspecified atom stereocenters. The largest absolute Gasteiger partial charge is 0.396 e. The van der Waals surface area contributed by atoms with Crippen LogP contribution in [-0.2, 0) is 6.54 Å². The summed E-state index contributed by atoms with van der Waals surface area (Å²) in [6.45, 7) is 5.19. The lowest BCUT2D eigenvalue weighted by atomic mass is 10.0. The van der Waals surface area contributed by atoms with Gasteiger partial charge in [0.05, 0.1) is 10.2 Å². The highest BCUT2D eigenvalue weighted by Crippen LogP contribution is 2.19. The fourth-order valence-electron chi connectivity index (χ4n) is 1.69. The number of aliphatic hydroxyl groups is 1. The van der Waals surface area contributed by atoms with Gasteiger partial charge >= 0.3 is 0 Å². The predicted molar refractivity (Wildman–Crippen MR) is 72.2 cm³/mol. The third kappa shape index (κ3) is 3.25. The molecule has 2 aromatic rings. The zero-order valence-electron chi connectivity index (χ0n) is 10.2. The number of thiophene rings is 1. The molecule has 0 fully saturated rings. The van der Waals surface area contributed by atoms with Gasteiger partial charge in [0, 0.05) is 24.9 Å². The Morgan fingerprint density at radius 2 is 2.29 bits per heavy atom. The summed E-state index contributed by atoms with van der Waals surface area (Å²) in [6.07, 6.45) is 2.67. The Labute approximate surface area is 106 Å². The first-order valence-corrected chi connectivity index (χ1v) is 6.67. The lowest BCUT2D eigenvalue weighted by Gasteiger charge is -2.25. The molecular weight excluding hydrogens is 232 g/mol. The van der Waals surface area contributed by atoms with Crippen LogP contribution in [0, 0.1) is 0 Å². The van der Waals surface area contributed by atoms with E-state index in [2.05, 4.69) is 35.6 Å². The normalized spacial score (nSPS) is 12.2. The van der Waals surface area contributed by atoms with Gasteiger partial charge in [0.25, 0.3) is 0 Å². The van der Waals surface area contributed by atoms with Gasteiger partial charge in [0.15, 0.2) is 0 Å². The second-order valence-electron chi connectivity index (χ2n) is 4.86. The van der Waals surface area contributed by atoms with Crippen LogP contribution >= 0.6 is 11.3 Å². The zero-order chi connectivity index (χ0) is 12.3. The third-order valence-electron chi connectivity index (χ3n) is 2.87. The van der Waals surface area contributed by atoms with E-state index in [1.54, 1.807) is 11.3 Å². The van der Waals surface area contributed by atoms with Crippen LogP contribution in [0.1, 0.15) is 25.8 Å².